The normalized spacial score (nSPS) is 24.7. The number of likely N-dealkylation sites (N-methyl/N-ethyl adjacent to an activating group) is 4. The summed E-state index contributed by atoms with van der Waals surface area (Å²) < 4.78 is 23.9. The predicted octanol–water partition coefficient (Wildman–Crippen LogP) is 5.89. The van der Waals surface area contributed by atoms with E-state index in [1.165, 1.54) is 42.0 Å². The zero-order valence-electron chi connectivity index (χ0n) is 45.5. The average Bonchev–Trinajstić information content (AvgIpc) is 3.30. The highest BCUT2D eigenvalue weighted by Crippen LogP contribution is 2.25. The van der Waals surface area contributed by atoms with E-state index in [0.29, 0.717) is 16.7 Å². The summed E-state index contributed by atoms with van der Waals surface area (Å²) in [5, 5.41) is 10.6. The number of ether oxygens (including phenoxy) is 4. The van der Waals surface area contributed by atoms with Gasteiger partial charge in [0, 0.05) is 41.0 Å². The van der Waals surface area contributed by atoms with Gasteiger partial charge >= 0.3 is 23.9 Å². The monoisotopic (exact) mass is 1010 g/mol. The number of aliphatic hydroxyl groups is 1. The van der Waals surface area contributed by atoms with Crippen LogP contribution in [0.2, 0.25) is 0 Å². The largest absolute Gasteiger partial charge is 0.451 e. The third-order valence-electron chi connectivity index (χ3n) is 12.8. The predicted molar refractivity (Wildman–Crippen MR) is 270 cm³/mol. The van der Waals surface area contributed by atoms with Crippen LogP contribution in [0.15, 0.2) is 54.6 Å². The van der Waals surface area contributed by atoms with Crippen LogP contribution in [0, 0.1) is 23.7 Å². The Labute approximate surface area is 427 Å². The van der Waals surface area contributed by atoms with E-state index in [4.69, 9.17) is 18.9 Å². The average molecular weight is 1010 g/mol. The maximum atomic E-state index is 14.8. The Morgan fingerprint density at radius 1 is 0.444 bits per heavy atom. The lowest BCUT2D eigenvalue weighted by Crippen LogP contribution is -2.55. The van der Waals surface area contributed by atoms with E-state index < -0.39 is 102 Å². The van der Waals surface area contributed by atoms with Gasteiger partial charge in [-0.3, -0.25) is 19.2 Å². The number of carbonyl (C=O) groups is 8. The maximum absolute atomic E-state index is 14.8. The fourth-order valence-electron chi connectivity index (χ4n) is 8.57. The first-order chi connectivity index (χ1) is 33.4. The molecule has 1 fully saturated rings. The van der Waals surface area contributed by atoms with Crippen LogP contribution in [0.3, 0.4) is 0 Å². The number of cyclic esters (lactones) is 4. The topological polar surface area (TPSA) is 207 Å². The van der Waals surface area contributed by atoms with Crippen molar-refractivity contribution in [2.45, 2.75) is 176 Å². The van der Waals surface area contributed by atoms with Crippen LogP contribution in [0.4, 0.5) is 0 Å². The number of rotatable bonds is 13. The van der Waals surface area contributed by atoms with Crippen molar-refractivity contribution in [1.29, 1.82) is 0 Å². The van der Waals surface area contributed by atoms with Gasteiger partial charge in [-0.05, 0) is 93.7 Å². The van der Waals surface area contributed by atoms with Gasteiger partial charge in [0.05, 0.1) is 5.60 Å². The number of amides is 4. The van der Waals surface area contributed by atoms with Crippen molar-refractivity contribution in [3.05, 3.63) is 71.3 Å². The lowest BCUT2D eigenvalue weighted by atomic mass is 9.95. The summed E-state index contributed by atoms with van der Waals surface area (Å²) in [6, 6.07) is 10.5. The van der Waals surface area contributed by atoms with Crippen molar-refractivity contribution in [3.8, 4) is 0 Å². The summed E-state index contributed by atoms with van der Waals surface area (Å²) in [5.41, 5.74) is 0.607. The molecule has 0 bridgehead atoms. The summed E-state index contributed by atoms with van der Waals surface area (Å²) in [4.78, 5) is 120. The molecule has 0 saturated carbocycles. The lowest BCUT2D eigenvalue weighted by molar-refractivity contribution is -0.176. The summed E-state index contributed by atoms with van der Waals surface area (Å²) in [6.07, 6.45) is -5.91. The van der Waals surface area contributed by atoms with Crippen LogP contribution in [-0.2, 0) is 75.7 Å². The minimum Gasteiger partial charge on any atom is -0.451 e. The molecule has 72 heavy (non-hydrogen) atoms. The summed E-state index contributed by atoms with van der Waals surface area (Å²) in [6.45, 7) is 20.7. The van der Waals surface area contributed by atoms with Crippen molar-refractivity contribution in [3.63, 3.8) is 0 Å². The van der Waals surface area contributed by atoms with E-state index in [-0.39, 0.29) is 62.2 Å². The summed E-state index contributed by atoms with van der Waals surface area (Å²) in [5.74, 6) is -7.42. The van der Waals surface area contributed by atoms with Gasteiger partial charge in [0.15, 0.2) is 24.4 Å². The zero-order valence-corrected chi connectivity index (χ0v) is 45.5. The van der Waals surface area contributed by atoms with E-state index >= 15 is 0 Å². The smallest absolute Gasteiger partial charge is 0.329 e. The van der Waals surface area contributed by atoms with Crippen molar-refractivity contribution in [1.82, 2.24) is 19.6 Å². The van der Waals surface area contributed by atoms with Gasteiger partial charge in [-0.1, -0.05) is 110 Å². The molecule has 0 spiro atoms. The van der Waals surface area contributed by atoms with Gasteiger partial charge in [0.25, 0.3) is 23.6 Å². The number of benzene rings is 2. The summed E-state index contributed by atoms with van der Waals surface area (Å²) >= 11 is 0. The standard InChI is InChI=1S/C55H82N4O13/c1-32(2)26-41-51(64)69-37(10)48(61)57(14)44(29-35(7)8)54(67)72-46(31-39-22-24-40(25-23-39)55(11,12)68)50(63)59(16)42(27-33(3)4)52(65)70-36(9)47(60)56(13)43(28-34(5)6)53(66)71-45(49(62)58(41)15)30-38-20-18-17-19-21-38/h17-25,32-37,41-46,68H,26-31H2,1-16H3/t36-,37-,41?,42+,43+,44+,45-,46-/m1/s1. The molecule has 1 aliphatic rings. The van der Waals surface area contributed by atoms with Crippen molar-refractivity contribution < 1.29 is 62.4 Å². The Morgan fingerprint density at radius 2 is 0.722 bits per heavy atom. The number of hydrogen-bond acceptors (Lipinski definition) is 13. The fourth-order valence-corrected chi connectivity index (χ4v) is 8.57. The zero-order chi connectivity index (χ0) is 54.5. The Morgan fingerprint density at radius 3 is 1.01 bits per heavy atom. The molecule has 17 nitrogen and oxygen atoms in total. The highest BCUT2D eigenvalue weighted by molar-refractivity contribution is 5.94. The van der Waals surface area contributed by atoms with Crippen molar-refractivity contribution in [2.75, 3.05) is 28.2 Å². The molecule has 2 aromatic carbocycles. The van der Waals surface area contributed by atoms with Gasteiger partial charge in [-0.25, -0.2) is 19.2 Å². The van der Waals surface area contributed by atoms with Crippen LogP contribution in [-0.4, -0.2) is 149 Å². The van der Waals surface area contributed by atoms with Crippen LogP contribution in [0.1, 0.15) is 125 Å². The molecule has 1 saturated heterocycles. The van der Waals surface area contributed by atoms with E-state index in [1.807, 2.05) is 55.4 Å². The molecular formula is C55H82N4O13. The molecule has 400 valence electrons. The number of nitrogens with zero attached hydrogens (tertiary/aromatic N) is 4. The molecule has 1 aliphatic heterocycles. The Kier molecular flexibility index (Phi) is 22.5. The Balaban J connectivity index is 2.27. The molecule has 1 N–H and O–H groups in total. The van der Waals surface area contributed by atoms with E-state index in [9.17, 15) is 43.5 Å². The van der Waals surface area contributed by atoms with Crippen LogP contribution in [0.25, 0.3) is 0 Å². The second-order valence-electron chi connectivity index (χ2n) is 21.5. The van der Waals surface area contributed by atoms with Gasteiger partial charge in [-0.2, -0.15) is 0 Å². The molecule has 8 atom stereocenters. The minimum atomic E-state index is -1.56. The molecular weight excluding hydrogens is 925 g/mol. The molecule has 17 heteroatoms. The number of carbonyl (C=O) groups excluding carboxylic acids is 8. The van der Waals surface area contributed by atoms with Crippen LogP contribution in [0.5, 0.6) is 0 Å². The highest BCUT2D eigenvalue weighted by atomic mass is 16.6. The molecule has 0 aliphatic carbocycles. The second kappa shape index (κ2) is 26.7. The molecule has 4 amide bonds. The van der Waals surface area contributed by atoms with Crippen LogP contribution < -0.4 is 0 Å². The summed E-state index contributed by atoms with van der Waals surface area (Å²) in [7, 11) is 5.51. The number of hydrogen-bond donors (Lipinski definition) is 1. The first-order valence-electron chi connectivity index (χ1n) is 25.2. The van der Waals surface area contributed by atoms with Crippen LogP contribution >= 0.6 is 0 Å². The molecule has 1 unspecified atom stereocenters. The third kappa shape index (κ3) is 17.2. The first kappa shape index (κ1) is 60.5. The second-order valence-corrected chi connectivity index (χ2v) is 21.5. The number of esters is 4. The molecule has 1 heterocycles. The van der Waals surface area contributed by atoms with Crippen molar-refractivity contribution >= 4 is 47.5 Å². The van der Waals surface area contributed by atoms with Crippen molar-refractivity contribution in [2.24, 2.45) is 23.7 Å². The van der Waals surface area contributed by atoms with E-state index in [0.717, 1.165) is 19.6 Å². The van der Waals surface area contributed by atoms with Gasteiger partial charge in [0.2, 0.25) is 0 Å². The SMILES string of the molecule is CC(C)CC1C(=O)O[C@H](C)C(=O)N(C)[C@@H](CC(C)C)C(=O)O[C@H](Cc2ccc(C(C)(C)O)cc2)C(=O)N(C)[C@@H](CC(C)C)C(=O)O[C@H](C)C(=O)N(C)[C@@H](CC(C)C)C(=O)O[C@H](Cc2ccccc2)C(=O)N1C. The molecule has 2 aromatic rings. The molecule has 0 aromatic heterocycles. The van der Waals surface area contributed by atoms with Gasteiger partial charge < -0.3 is 43.7 Å². The maximum Gasteiger partial charge on any atom is 0.329 e. The highest BCUT2D eigenvalue weighted by Gasteiger charge is 2.43. The van der Waals surface area contributed by atoms with Gasteiger partial charge in [0.1, 0.15) is 24.2 Å². The van der Waals surface area contributed by atoms with E-state index in [2.05, 4.69) is 0 Å². The molecule has 3 rings (SSSR count). The Bertz CT molecular complexity index is 2150. The first-order valence-corrected chi connectivity index (χ1v) is 25.2. The minimum absolute atomic E-state index is 0.0776. The third-order valence-corrected chi connectivity index (χ3v) is 12.8. The quantitative estimate of drug-likeness (QED) is 0.184. The van der Waals surface area contributed by atoms with E-state index in [1.54, 1.807) is 68.4 Å². The van der Waals surface area contributed by atoms with Gasteiger partial charge in [-0.15, -0.1) is 0 Å². The Hall–Kier alpha value is -5.84. The fraction of sp³-hybridized carbons (Fsp3) is 0.636. The lowest BCUT2D eigenvalue weighted by Gasteiger charge is -2.35. The molecule has 0 radical (unpaired) electrons.